The molecule has 7 heteroatoms. The molecule has 2 aliphatic rings. The number of carbonyl (C=O) groups is 1. The maximum Gasteiger partial charge on any atom is 0.255 e. The summed E-state index contributed by atoms with van der Waals surface area (Å²) in [5.41, 5.74) is 0.261. The van der Waals surface area contributed by atoms with Crippen LogP contribution in [0.3, 0.4) is 0 Å². The van der Waals surface area contributed by atoms with Crippen LogP contribution in [0.2, 0.25) is 0 Å². The molecule has 3 rings (SSSR count). The van der Waals surface area contributed by atoms with Crippen molar-refractivity contribution in [2.45, 2.75) is 37.2 Å². The highest BCUT2D eigenvalue weighted by atomic mass is 32.2. The number of benzene rings is 1. The molecular weight excluding hydrogens is 328 g/mol. The molecule has 0 aliphatic carbocycles. The topological polar surface area (TPSA) is 66.9 Å². The first kappa shape index (κ1) is 17.4. The van der Waals surface area contributed by atoms with Gasteiger partial charge < -0.3 is 9.64 Å². The molecule has 0 saturated carbocycles. The lowest BCUT2D eigenvalue weighted by molar-refractivity contribution is -0.0125. The number of nitrogens with zero attached hydrogens (tertiary/aromatic N) is 2. The number of rotatable bonds is 3. The summed E-state index contributed by atoms with van der Waals surface area (Å²) in [6.07, 6.45) is 2.76. The zero-order chi connectivity index (χ0) is 17.2. The van der Waals surface area contributed by atoms with Crippen molar-refractivity contribution in [3.63, 3.8) is 0 Å². The van der Waals surface area contributed by atoms with Crippen LogP contribution in [-0.2, 0) is 14.8 Å². The van der Waals surface area contributed by atoms with Gasteiger partial charge in [-0.25, -0.2) is 8.42 Å². The fraction of sp³-hybridized carbons (Fsp3) is 0.588. The van der Waals surface area contributed by atoms with E-state index >= 15 is 0 Å². The highest BCUT2D eigenvalue weighted by Gasteiger charge is 2.32. The van der Waals surface area contributed by atoms with E-state index in [9.17, 15) is 13.2 Å². The average molecular weight is 352 g/mol. The van der Waals surface area contributed by atoms with Crippen LogP contribution in [0, 0.1) is 0 Å². The van der Waals surface area contributed by atoms with E-state index in [1.165, 1.54) is 4.31 Å². The zero-order valence-corrected chi connectivity index (χ0v) is 14.8. The van der Waals surface area contributed by atoms with E-state index in [0.29, 0.717) is 32.8 Å². The van der Waals surface area contributed by atoms with E-state index in [1.54, 1.807) is 29.2 Å². The van der Waals surface area contributed by atoms with Gasteiger partial charge in [0.05, 0.1) is 23.2 Å². The normalized spacial score (nSPS) is 23.2. The summed E-state index contributed by atoms with van der Waals surface area (Å²) < 4.78 is 33.0. The van der Waals surface area contributed by atoms with Gasteiger partial charge >= 0.3 is 0 Å². The number of amides is 1. The second-order valence-electron chi connectivity index (χ2n) is 6.39. The first-order chi connectivity index (χ1) is 11.5. The SMILES string of the molecule is CC1CN(C(=O)c2ccccc2S(=O)(=O)N2CCCCC2)CCO1. The Hall–Kier alpha value is -1.44. The molecule has 6 nitrogen and oxygen atoms in total. The van der Waals surface area contributed by atoms with E-state index in [4.69, 9.17) is 4.74 Å². The Labute approximate surface area is 143 Å². The quantitative estimate of drug-likeness (QED) is 0.831. The smallest absolute Gasteiger partial charge is 0.255 e. The third-order valence-corrected chi connectivity index (χ3v) is 6.54. The third-order valence-electron chi connectivity index (χ3n) is 4.58. The summed E-state index contributed by atoms with van der Waals surface area (Å²) in [5.74, 6) is -0.235. The number of sulfonamides is 1. The number of morpholine rings is 1. The Balaban J connectivity index is 1.91. The number of hydrogen-bond acceptors (Lipinski definition) is 4. The van der Waals surface area contributed by atoms with Crippen molar-refractivity contribution in [3.8, 4) is 0 Å². The number of carbonyl (C=O) groups excluding carboxylic acids is 1. The fourth-order valence-corrected chi connectivity index (χ4v) is 4.99. The van der Waals surface area contributed by atoms with Crippen LogP contribution in [0.5, 0.6) is 0 Å². The molecule has 2 saturated heterocycles. The Morgan fingerprint density at radius 1 is 1.12 bits per heavy atom. The van der Waals surface area contributed by atoms with Gasteiger partial charge in [-0.05, 0) is 31.9 Å². The van der Waals surface area contributed by atoms with E-state index < -0.39 is 10.0 Å². The lowest BCUT2D eigenvalue weighted by atomic mass is 10.1. The van der Waals surface area contributed by atoms with E-state index in [0.717, 1.165) is 19.3 Å². The summed E-state index contributed by atoms with van der Waals surface area (Å²) in [6, 6.07) is 6.54. The zero-order valence-electron chi connectivity index (χ0n) is 14.0. The first-order valence-electron chi connectivity index (χ1n) is 8.50. The van der Waals surface area contributed by atoms with Crippen molar-refractivity contribution in [1.82, 2.24) is 9.21 Å². The largest absolute Gasteiger partial charge is 0.375 e. The van der Waals surface area contributed by atoms with Crippen LogP contribution < -0.4 is 0 Å². The summed E-state index contributed by atoms with van der Waals surface area (Å²) >= 11 is 0. The van der Waals surface area contributed by atoms with Crippen LogP contribution in [0.15, 0.2) is 29.2 Å². The average Bonchev–Trinajstić information content (AvgIpc) is 2.62. The van der Waals surface area contributed by atoms with Crippen molar-refractivity contribution >= 4 is 15.9 Å². The van der Waals surface area contributed by atoms with E-state index in [2.05, 4.69) is 0 Å². The van der Waals surface area contributed by atoms with Gasteiger partial charge in [-0.3, -0.25) is 4.79 Å². The molecule has 0 N–H and O–H groups in total. The molecule has 1 unspecified atom stereocenters. The van der Waals surface area contributed by atoms with Crippen molar-refractivity contribution in [2.75, 3.05) is 32.8 Å². The van der Waals surface area contributed by atoms with Gasteiger partial charge in [0, 0.05) is 26.2 Å². The van der Waals surface area contributed by atoms with Crippen LogP contribution in [-0.4, -0.2) is 62.4 Å². The second-order valence-corrected chi connectivity index (χ2v) is 8.30. The van der Waals surface area contributed by atoms with E-state index in [-0.39, 0.29) is 22.5 Å². The highest BCUT2D eigenvalue weighted by molar-refractivity contribution is 7.89. The summed E-state index contributed by atoms with van der Waals surface area (Å²) in [5, 5.41) is 0. The van der Waals surface area contributed by atoms with Gasteiger partial charge in [0.2, 0.25) is 10.0 Å². The Kier molecular flexibility index (Phi) is 5.22. The molecule has 1 aromatic rings. The van der Waals surface area contributed by atoms with Gasteiger partial charge in [-0.2, -0.15) is 4.31 Å². The van der Waals surface area contributed by atoms with E-state index in [1.807, 2.05) is 6.92 Å². The maximum atomic E-state index is 13.0. The van der Waals surface area contributed by atoms with Crippen molar-refractivity contribution in [3.05, 3.63) is 29.8 Å². The fourth-order valence-electron chi connectivity index (χ4n) is 3.29. The molecule has 0 aromatic heterocycles. The van der Waals surface area contributed by atoms with Crippen molar-refractivity contribution < 1.29 is 17.9 Å². The molecule has 2 heterocycles. The Morgan fingerprint density at radius 3 is 2.54 bits per heavy atom. The molecule has 1 aromatic carbocycles. The van der Waals surface area contributed by atoms with Gasteiger partial charge in [0.1, 0.15) is 0 Å². The van der Waals surface area contributed by atoms with Crippen LogP contribution >= 0.6 is 0 Å². The minimum Gasteiger partial charge on any atom is -0.375 e. The summed E-state index contributed by atoms with van der Waals surface area (Å²) in [7, 11) is -3.64. The molecule has 0 bridgehead atoms. The van der Waals surface area contributed by atoms with Crippen LogP contribution in [0.4, 0.5) is 0 Å². The molecule has 2 fully saturated rings. The molecular formula is C17H24N2O4S. The number of hydrogen-bond donors (Lipinski definition) is 0. The predicted molar refractivity (Wildman–Crippen MR) is 90.4 cm³/mol. The minimum absolute atomic E-state index is 0.0337. The standard InChI is InChI=1S/C17H24N2O4S/c1-14-13-18(11-12-23-14)17(20)15-7-3-4-8-16(15)24(21,22)19-9-5-2-6-10-19/h3-4,7-8,14H,2,5-6,9-13H2,1H3. The third kappa shape index (κ3) is 3.48. The summed E-state index contributed by atoms with van der Waals surface area (Å²) in [6.45, 7) is 4.42. The van der Waals surface area contributed by atoms with Gasteiger partial charge in [-0.1, -0.05) is 18.6 Å². The molecule has 1 amide bonds. The van der Waals surface area contributed by atoms with Gasteiger partial charge in [-0.15, -0.1) is 0 Å². The lowest BCUT2D eigenvalue weighted by Gasteiger charge is -2.32. The van der Waals surface area contributed by atoms with Gasteiger partial charge in [0.25, 0.3) is 5.91 Å². The second kappa shape index (κ2) is 7.21. The molecule has 2 aliphatic heterocycles. The van der Waals surface area contributed by atoms with Crippen LogP contribution in [0.25, 0.3) is 0 Å². The number of piperidine rings is 1. The molecule has 1 atom stereocenters. The van der Waals surface area contributed by atoms with Crippen molar-refractivity contribution in [1.29, 1.82) is 0 Å². The van der Waals surface area contributed by atoms with Gasteiger partial charge in [0.15, 0.2) is 0 Å². The molecule has 132 valence electrons. The Morgan fingerprint density at radius 2 is 1.83 bits per heavy atom. The Bertz CT molecular complexity index is 698. The highest BCUT2D eigenvalue weighted by Crippen LogP contribution is 2.25. The monoisotopic (exact) mass is 352 g/mol. The van der Waals surface area contributed by atoms with Crippen molar-refractivity contribution in [2.24, 2.45) is 0 Å². The maximum absolute atomic E-state index is 13.0. The molecule has 0 radical (unpaired) electrons. The summed E-state index contributed by atoms with van der Waals surface area (Å²) in [4.78, 5) is 14.7. The minimum atomic E-state index is -3.64. The molecule has 0 spiro atoms. The lowest BCUT2D eigenvalue weighted by Crippen LogP contribution is -2.45. The predicted octanol–water partition coefficient (Wildman–Crippen LogP) is 1.72. The first-order valence-corrected chi connectivity index (χ1v) is 9.94. The molecule has 24 heavy (non-hydrogen) atoms. The number of ether oxygens (including phenoxy) is 1. The van der Waals surface area contributed by atoms with Crippen LogP contribution in [0.1, 0.15) is 36.5 Å².